The normalized spacial score (nSPS) is 27.0. The summed E-state index contributed by atoms with van der Waals surface area (Å²) in [6.07, 6.45) is 45.7. The summed E-state index contributed by atoms with van der Waals surface area (Å²) in [6, 6.07) is -0.996. The summed E-state index contributed by atoms with van der Waals surface area (Å²) in [6.45, 7) is 1.76. The third-order valence-corrected chi connectivity index (χ3v) is 19.9. The van der Waals surface area contributed by atoms with Crippen molar-refractivity contribution in [3.05, 3.63) is 36.5 Å². The average Bonchev–Trinajstić information content (AvgIpc) is 0.789. The van der Waals surface area contributed by atoms with Crippen molar-refractivity contribution in [1.29, 1.82) is 0 Å². The van der Waals surface area contributed by atoms with Crippen LogP contribution in [0.3, 0.4) is 0 Å². The van der Waals surface area contributed by atoms with Crippen LogP contribution < -0.4 is 5.32 Å². The first-order chi connectivity index (χ1) is 47.3. The van der Waals surface area contributed by atoms with E-state index in [-0.39, 0.29) is 18.9 Å². The molecule has 0 aromatic heterocycles. The SMILES string of the molecule is CCCCCCCCCCCCCCCCCCC/C=C/CC/C=C/CC/C=C/C(O)C(COC1OC(CO)C(OC2OC(CO)C(OC3OC(CO)C(O)C(O)C3O)C(O)C2O)C(O)C1O)NC(=O)CCCCCCCCCCCCCCCCCCCCCCCCCCC. The Morgan fingerprint density at radius 3 is 1.03 bits per heavy atom. The monoisotopic (exact) mass is 1380 g/mol. The molecule has 17 unspecified atom stereocenters. The van der Waals surface area contributed by atoms with Crippen molar-refractivity contribution in [2.75, 3.05) is 26.4 Å². The molecule has 3 heterocycles. The highest BCUT2D eigenvalue weighted by Gasteiger charge is 2.53. The Morgan fingerprint density at radius 1 is 0.361 bits per heavy atom. The first-order valence-electron chi connectivity index (χ1n) is 39.7. The van der Waals surface area contributed by atoms with Gasteiger partial charge in [-0.25, -0.2) is 0 Å². The predicted molar refractivity (Wildman–Crippen MR) is 383 cm³/mol. The van der Waals surface area contributed by atoms with Crippen molar-refractivity contribution in [2.45, 2.75) is 426 Å². The molecule has 19 nitrogen and oxygen atoms in total. The standard InChI is InChI=1S/C78H145NO18/c1-3-5-7-9-11-13-15-17-19-21-23-25-27-29-30-32-33-35-37-39-41-43-45-47-49-51-53-55-62(83)61(79-66(84)56-54-52-50-48-46-44-42-40-38-36-34-31-28-26-24-22-20-18-16-14-12-10-8-6-4-2)60-92-76-72(90)69(87)74(64(58-81)94-76)97-78-73(91)70(88)75(65(59-82)95-78)96-77-71(89)68(86)67(85)63(57-80)93-77/h37,39,45,47,53,55,61-65,67-78,80-83,85-91H,3-36,38,40-44,46,48-52,54,56-60H2,1-2H3,(H,79,84)/b39-37+,47-45+,55-53+. The average molecular weight is 1390 g/mol. The van der Waals surface area contributed by atoms with Crippen molar-refractivity contribution in [3.63, 3.8) is 0 Å². The number of allylic oxidation sites excluding steroid dienone is 5. The number of hydrogen-bond donors (Lipinski definition) is 12. The Kier molecular flexibility index (Phi) is 54.6. The molecule has 3 rings (SSSR count). The zero-order valence-electron chi connectivity index (χ0n) is 60.8. The summed E-state index contributed by atoms with van der Waals surface area (Å²) < 4.78 is 34.4. The molecule has 0 aromatic carbocycles. The van der Waals surface area contributed by atoms with E-state index in [0.29, 0.717) is 12.8 Å². The number of unbranched alkanes of at least 4 members (excludes halogenated alkanes) is 43. The number of aliphatic hydroxyl groups is 11. The molecule has 0 aromatic rings. The highest BCUT2D eigenvalue weighted by molar-refractivity contribution is 5.76. The van der Waals surface area contributed by atoms with Crippen molar-refractivity contribution in [3.8, 4) is 0 Å². The van der Waals surface area contributed by atoms with E-state index in [1.54, 1.807) is 6.08 Å². The largest absolute Gasteiger partial charge is 0.394 e. The lowest BCUT2D eigenvalue weighted by atomic mass is 9.96. The number of ether oxygens (including phenoxy) is 6. The van der Waals surface area contributed by atoms with Gasteiger partial charge in [0.1, 0.15) is 73.2 Å². The lowest BCUT2D eigenvalue weighted by Gasteiger charge is -2.48. The smallest absolute Gasteiger partial charge is 0.220 e. The highest BCUT2D eigenvalue weighted by Crippen LogP contribution is 2.33. The van der Waals surface area contributed by atoms with Crippen molar-refractivity contribution in [1.82, 2.24) is 5.32 Å². The summed E-state index contributed by atoms with van der Waals surface area (Å²) in [5.74, 6) is -0.283. The number of carbonyl (C=O) groups excluding carboxylic acids is 1. The van der Waals surface area contributed by atoms with Crippen LogP contribution in [0.25, 0.3) is 0 Å². The number of amides is 1. The third kappa shape index (κ3) is 40.0. The van der Waals surface area contributed by atoms with E-state index in [1.165, 1.54) is 244 Å². The Bertz CT molecular complexity index is 1900. The van der Waals surface area contributed by atoms with Gasteiger partial charge in [-0.1, -0.05) is 307 Å². The van der Waals surface area contributed by atoms with Gasteiger partial charge in [0.05, 0.1) is 38.6 Å². The summed E-state index contributed by atoms with van der Waals surface area (Å²) in [5.41, 5.74) is 0. The van der Waals surface area contributed by atoms with Gasteiger partial charge >= 0.3 is 0 Å². The maximum atomic E-state index is 13.5. The van der Waals surface area contributed by atoms with E-state index in [9.17, 15) is 61.0 Å². The van der Waals surface area contributed by atoms with Crippen LogP contribution in [0.15, 0.2) is 36.5 Å². The first kappa shape index (κ1) is 89.2. The maximum Gasteiger partial charge on any atom is 0.220 e. The number of hydrogen-bond acceptors (Lipinski definition) is 18. The minimum absolute atomic E-state index is 0.236. The molecule has 3 aliphatic rings. The number of rotatable bonds is 63. The fourth-order valence-electron chi connectivity index (χ4n) is 13.5. The van der Waals surface area contributed by atoms with Crippen molar-refractivity contribution < 1.29 is 89.4 Å². The fraction of sp³-hybridized carbons (Fsp3) is 0.910. The van der Waals surface area contributed by atoms with Gasteiger partial charge in [0, 0.05) is 6.42 Å². The zero-order valence-corrected chi connectivity index (χ0v) is 60.8. The third-order valence-electron chi connectivity index (χ3n) is 19.9. The van der Waals surface area contributed by atoms with Crippen LogP contribution in [0, 0.1) is 0 Å². The molecule has 3 aliphatic heterocycles. The Balaban J connectivity index is 1.41. The molecule has 1 amide bonds. The molecule has 0 aliphatic carbocycles. The summed E-state index contributed by atoms with van der Waals surface area (Å²) in [5, 5.41) is 121. The molecule has 570 valence electrons. The van der Waals surface area contributed by atoms with Gasteiger partial charge in [-0.2, -0.15) is 0 Å². The van der Waals surface area contributed by atoms with Crippen LogP contribution in [0.1, 0.15) is 322 Å². The second kappa shape index (κ2) is 59.4. The summed E-state index contributed by atoms with van der Waals surface area (Å²) in [4.78, 5) is 13.5. The lowest BCUT2D eigenvalue weighted by Crippen LogP contribution is -2.66. The lowest BCUT2D eigenvalue weighted by molar-refractivity contribution is -0.379. The van der Waals surface area contributed by atoms with E-state index >= 15 is 0 Å². The Hall–Kier alpha value is -1.99. The van der Waals surface area contributed by atoms with E-state index < -0.39 is 124 Å². The van der Waals surface area contributed by atoms with E-state index in [1.807, 2.05) is 6.08 Å². The van der Waals surface area contributed by atoms with Crippen LogP contribution in [-0.4, -0.2) is 193 Å². The summed E-state index contributed by atoms with van der Waals surface area (Å²) in [7, 11) is 0. The van der Waals surface area contributed by atoms with Gasteiger partial charge in [0.2, 0.25) is 5.91 Å². The topological polar surface area (TPSA) is 307 Å². The van der Waals surface area contributed by atoms with Gasteiger partial charge in [0.15, 0.2) is 18.9 Å². The maximum absolute atomic E-state index is 13.5. The molecular formula is C78H145NO18. The molecule has 0 spiro atoms. The molecule has 12 N–H and O–H groups in total. The number of nitrogens with one attached hydrogen (secondary N) is 1. The molecule has 3 fully saturated rings. The molecule has 0 saturated carbocycles. The number of aliphatic hydroxyl groups excluding tert-OH is 11. The molecular weight excluding hydrogens is 1240 g/mol. The zero-order chi connectivity index (χ0) is 70.4. The van der Waals surface area contributed by atoms with Crippen molar-refractivity contribution in [2.24, 2.45) is 0 Å². The van der Waals surface area contributed by atoms with Crippen LogP contribution in [0.5, 0.6) is 0 Å². The van der Waals surface area contributed by atoms with Gasteiger partial charge in [-0.3, -0.25) is 4.79 Å². The van der Waals surface area contributed by atoms with E-state index in [4.69, 9.17) is 28.4 Å². The van der Waals surface area contributed by atoms with Crippen LogP contribution in [0.4, 0.5) is 0 Å². The van der Waals surface area contributed by atoms with Crippen LogP contribution in [0.2, 0.25) is 0 Å². The second-order valence-corrected chi connectivity index (χ2v) is 28.5. The Morgan fingerprint density at radius 2 is 0.660 bits per heavy atom. The van der Waals surface area contributed by atoms with Crippen LogP contribution in [-0.2, 0) is 33.2 Å². The minimum Gasteiger partial charge on any atom is -0.394 e. The molecule has 19 heteroatoms. The summed E-state index contributed by atoms with van der Waals surface area (Å²) >= 11 is 0. The molecule has 0 radical (unpaired) electrons. The minimum atomic E-state index is -1.98. The molecule has 17 atom stereocenters. The second-order valence-electron chi connectivity index (χ2n) is 28.5. The van der Waals surface area contributed by atoms with Gasteiger partial charge in [-0.05, 0) is 44.9 Å². The van der Waals surface area contributed by atoms with Crippen molar-refractivity contribution >= 4 is 5.91 Å². The Labute approximate surface area is 587 Å². The van der Waals surface area contributed by atoms with E-state index in [0.717, 1.165) is 44.9 Å². The van der Waals surface area contributed by atoms with Gasteiger partial charge in [-0.15, -0.1) is 0 Å². The van der Waals surface area contributed by atoms with E-state index in [2.05, 4.69) is 43.5 Å². The fourth-order valence-corrected chi connectivity index (χ4v) is 13.5. The van der Waals surface area contributed by atoms with Gasteiger partial charge < -0.3 is 89.9 Å². The highest BCUT2D eigenvalue weighted by atomic mass is 16.8. The number of carbonyl (C=O) groups is 1. The molecule has 97 heavy (non-hydrogen) atoms. The quantitative estimate of drug-likeness (QED) is 0.0199. The van der Waals surface area contributed by atoms with Crippen LogP contribution >= 0.6 is 0 Å². The molecule has 0 bridgehead atoms. The first-order valence-corrected chi connectivity index (χ1v) is 39.7. The predicted octanol–water partition coefficient (Wildman–Crippen LogP) is 12.7. The van der Waals surface area contributed by atoms with Gasteiger partial charge in [0.25, 0.3) is 0 Å². The molecule has 3 saturated heterocycles.